The van der Waals surface area contributed by atoms with Crippen molar-refractivity contribution in [1.29, 1.82) is 0 Å². The molecular formula is C12H27ClSi2. The minimum Gasteiger partial charge on any atom is -0.167 e. The first-order chi connectivity index (χ1) is 7.20. The van der Waals surface area contributed by atoms with Crippen LogP contribution >= 0.6 is 11.1 Å². The van der Waals surface area contributed by atoms with Gasteiger partial charge in [0.05, 0.1) is 0 Å². The van der Waals surface area contributed by atoms with Gasteiger partial charge in [-0.1, -0.05) is 63.7 Å². The second-order valence-corrected chi connectivity index (χ2v) is 15.6. The molecule has 0 aromatic carbocycles. The van der Waals surface area contributed by atoms with Crippen molar-refractivity contribution in [2.75, 3.05) is 0 Å². The molecule has 90 valence electrons. The van der Waals surface area contributed by atoms with Crippen LogP contribution in [-0.2, 0) is 0 Å². The van der Waals surface area contributed by atoms with Crippen molar-refractivity contribution in [3.8, 4) is 0 Å². The Morgan fingerprint density at radius 1 is 1.20 bits per heavy atom. The first-order valence-corrected chi connectivity index (χ1v) is 13.0. The van der Waals surface area contributed by atoms with E-state index in [2.05, 4.69) is 13.8 Å². The minimum absolute atomic E-state index is 0.382. The third-order valence-electron chi connectivity index (χ3n) is 3.84. The van der Waals surface area contributed by atoms with Crippen LogP contribution in [0.25, 0.3) is 0 Å². The van der Waals surface area contributed by atoms with Gasteiger partial charge in [0.1, 0.15) is 0 Å². The quantitative estimate of drug-likeness (QED) is 0.470. The van der Waals surface area contributed by atoms with E-state index in [0.717, 1.165) is 0 Å². The molecule has 0 aromatic rings. The van der Waals surface area contributed by atoms with Crippen LogP contribution in [0, 0.1) is 0 Å². The molecule has 0 radical (unpaired) electrons. The molecular weight excluding hydrogens is 236 g/mol. The van der Waals surface area contributed by atoms with Crippen LogP contribution in [-0.4, -0.2) is 16.2 Å². The van der Waals surface area contributed by atoms with E-state index in [-0.39, 0.29) is 8.80 Å². The predicted molar refractivity (Wildman–Crippen MR) is 77.2 cm³/mol. The van der Waals surface area contributed by atoms with Crippen LogP contribution in [0.3, 0.4) is 0 Å². The van der Waals surface area contributed by atoms with Gasteiger partial charge in [0, 0.05) is 8.80 Å². The van der Waals surface area contributed by atoms with Crippen molar-refractivity contribution in [3.05, 3.63) is 0 Å². The molecule has 3 heteroatoms. The smallest absolute Gasteiger partial charge is 0.153 e. The van der Waals surface area contributed by atoms with Gasteiger partial charge < -0.3 is 0 Å². The van der Waals surface area contributed by atoms with E-state index >= 15 is 0 Å². The lowest BCUT2D eigenvalue weighted by molar-refractivity contribution is 0.842. The molecule has 0 aliphatic carbocycles. The maximum Gasteiger partial charge on any atom is 0.153 e. The van der Waals surface area contributed by atoms with Gasteiger partial charge in [0.25, 0.3) is 0 Å². The summed E-state index contributed by atoms with van der Waals surface area (Å²) in [6.07, 6.45) is 7.08. The molecule has 1 aliphatic rings. The lowest BCUT2D eigenvalue weighted by atomic mass is 10.4. The number of halogens is 1. The fraction of sp³-hybridized carbons (Fsp3) is 1.00. The SMILES string of the molecule is CCCC[SiH]1CCC[Si](Cl)(CCCC)C1. The third kappa shape index (κ3) is 5.05. The highest BCUT2D eigenvalue weighted by molar-refractivity contribution is 7.23. The molecule has 0 spiro atoms. The number of rotatable bonds is 6. The van der Waals surface area contributed by atoms with Gasteiger partial charge in [0.2, 0.25) is 0 Å². The van der Waals surface area contributed by atoms with E-state index in [0.29, 0.717) is 0 Å². The normalized spacial score (nSPS) is 31.8. The van der Waals surface area contributed by atoms with Crippen molar-refractivity contribution in [2.45, 2.75) is 75.8 Å². The average molecular weight is 263 g/mol. The Morgan fingerprint density at radius 3 is 2.60 bits per heavy atom. The van der Waals surface area contributed by atoms with Crippen LogP contribution in [0.4, 0.5) is 0 Å². The highest BCUT2D eigenvalue weighted by Gasteiger charge is 2.36. The van der Waals surface area contributed by atoms with Crippen LogP contribution in [0.1, 0.15) is 46.0 Å². The Bertz CT molecular complexity index is 175. The zero-order valence-corrected chi connectivity index (χ0v) is 13.4. The molecule has 15 heavy (non-hydrogen) atoms. The maximum absolute atomic E-state index is 6.90. The first kappa shape index (κ1) is 13.8. The number of hydrogen-bond donors (Lipinski definition) is 0. The standard InChI is InChI=1S/C12H27ClSi2/c1-3-5-8-14-9-7-11-15(13,12-14)10-6-4-2/h14H,3-12H2,1-2H3. The third-order valence-corrected chi connectivity index (χ3v) is 16.5. The topological polar surface area (TPSA) is 0 Å². The van der Waals surface area contributed by atoms with E-state index in [9.17, 15) is 0 Å². The molecule has 1 fully saturated rings. The highest BCUT2D eigenvalue weighted by Crippen LogP contribution is 2.37. The van der Waals surface area contributed by atoms with E-state index in [1.54, 1.807) is 17.8 Å². The molecule has 0 amide bonds. The summed E-state index contributed by atoms with van der Waals surface area (Å²) in [5.74, 6) is 0. The van der Waals surface area contributed by atoms with Crippen molar-refractivity contribution in [1.82, 2.24) is 0 Å². The lowest BCUT2D eigenvalue weighted by Gasteiger charge is -2.33. The van der Waals surface area contributed by atoms with Crippen molar-refractivity contribution in [2.24, 2.45) is 0 Å². The van der Waals surface area contributed by atoms with Crippen LogP contribution in [0.15, 0.2) is 0 Å². The van der Waals surface area contributed by atoms with E-state index in [4.69, 9.17) is 11.1 Å². The van der Waals surface area contributed by atoms with Gasteiger partial charge in [-0.25, -0.2) is 0 Å². The van der Waals surface area contributed by atoms with Crippen molar-refractivity contribution in [3.63, 3.8) is 0 Å². The van der Waals surface area contributed by atoms with Gasteiger partial charge >= 0.3 is 0 Å². The zero-order valence-electron chi connectivity index (χ0n) is 10.5. The summed E-state index contributed by atoms with van der Waals surface area (Å²) in [5.41, 5.74) is 1.56. The molecule has 0 aromatic heterocycles. The minimum atomic E-state index is -1.24. The molecule has 1 heterocycles. The second-order valence-electron chi connectivity index (χ2n) is 5.36. The summed E-state index contributed by atoms with van der Waals surface area (Å²) in [7, 11) is -1.62. The molecule has 1 aliphatic heterocycles. The summed E-state index contributed by atoms with van der Waals surface area (Å²) in [6, 6.07) is 6.04. The summed E-state index contributed by atoms with van der Waals surface area (Å²) in [4.78, 5) is 0. The first-order valence-electron chi connectivity index (χ1n) is 6.89. The van der Waals surface area contributed by atoms with E-state index in [1.807, 2.05) is 0 Å². The zero-order chi connectivity index (χ0) is 11.1. The molecule has 1 saturated heterocycles. The van der Waals surface area contributed by atoms with Crippen LogP contribution in [0.2, 0.25) is 29.8 Å². The number of unbranched alkanes of at least 4 members (excludes halogenated alkanes) is 2. The molecule has 0 N–H and O–H groups in total. The molecule has 0 bridgehead atoms. The largest absolute Gasteiger partial charge is 0.167 e. The molecule has 2 unspecified atom stereocenters. The van der Waals surface area contributed by atoms with Crippen LogP contribution < -0.4 is 0 Å². The Hall–Kier alpha value is 0.724. The fourth-order valence-electron chi connectivity index (χ4n) is 2.89. The molecule has 0 nitrogen and oxygen atoms in total. The predicted octanol–water partition coefficient (Wildman–Crippen LogP) is 4.94. The average Bonchev–Trinajstić information content (AvgIpc) is 2.24. The Kier molecular flexibility index (Phi) is 6.55. The summed E-state index contributed by atoms with van der Waals surface area (Å²) in [5, 5.41) is 0. The Morgan fingerprint density at radius 2 is 1.93 bits per heavy atom. The molecule has 1 rings (SSSR count). The number of hydrogen-bond acceptors (Lipinski definition) is 0. The highest BCUT2D eigenvalue weighted by atomic mass is 35.6. The van der Waals surface area contributed by atoms with Crippen LogP contribution in [0.5, 0.6) is 0 Å². The van der Waals surface area contributed by atoms with Gasteiger partial charge in [-0.3, -0.25) is 0 Å². The Balaban J connectivity index is 2.32. The van der Waals surface area contributed by atoms with Gasteiger partial charge in [-0.05, 0) is 12.1 Å². The van der Waals surface area contributed by atoms with Crippen molar-refractivity contribution < 1.29 is 0 Å². The van der Waals surface area contributed by atoms with E-state index < -0.39 is 7.38 Å². The summed E-state index contributed by atoms with van der Waals surface area (Å²) < 4.78 is 0. The summed E-state index contributed by atoms with van der Waals surface area (Å²) in [6.45, 7) is 4.61. The van der Waals surface area contributed by atoms with E-state index in [1.165, 1.54) is 44.2 Å². The fourth-order valence-corrected chi connectivity index (χ4v) is 17.6. The van der Waals surface area contributed by atoms with Gasteiger partial charge in [-0.2, -0.15) is 11.1 Å². The second kappa shape index (κ2) is 7.13. The Labute approximate surface area is 103 Å². The van der Waals surface area contributed by atoms with Gasteiger partial charge in [0.15, 0.2) is 7.38 Å². The lowest BCUT2D eigenvalue weighted by Crippen LogP contribution is -2.37. The molecule has 0 saturated carbocycles. The maximum atomic E-state index is 6.90. The summed E-state index contributed by atoms with van der Waals surface area (Å²) >= 11 is 6.90. The monoisotopic (exact) mass is 262 g/mol. The van der Waals surface area contributed by atoms with Crippen molar-refractivity contribution >= 4 is 27.3 Å². The molecule has 2 atom stereocenters. The van der Waals surface area contributed by atoms with Gasteiger partial charge in [-0.15, -0.1) is 0 Å².